The Bertz CT molecular complexity index is 410. The van der Waals surface area contributed by atoms with E-state index in [1.165, 1.54) is 6.07 Å². The van der Waals surface area contributed by atoms with E-state index in [9.17, 15) is 9.18 Å². The molecule has 0 radical (unpaired) electrons. The van der Waals surface area contributed by atoms with Crippen molar-refractivity contribution in [2.24, 2.45) is 5.92 Å². The maximum Gasteiger partial charge on any atom is 0.164 e. The first kappa shape index (κ1) is 10.6. The van der Waals surface area contributed by atoms with Crippen molar-refractivity contribution in [1.82, 2.24) is 0 Å². The first-order chi connectivity index (χ1) is 7.08. The monoisotopic (exact) mass is 226 g/mol. The quantitative estimate of drug-likeness (QED) is 0.717. The third-order valence-electron chi connectivity index (χ3n) is 2.72. The van der Waals surface area contributed by atoms with Gasteiger partial charge < -0.3 is 0 Å². The fourth-order valence-corrected chi connectivity index (χ4v) is 1.82. The molecule has 3 heteroatoms. The van der Waals surface area contributed by atoms with Crippen molar-refractivity contribution < 1.29 is 9.18 Å². The van der Waals surface area contributed by atoms with Gasteiger partial charge >= 0.3 is 0 Å². The minimum atomic E-state index is -0.358. The Morgan fingerprint density at radius 1 is 1.53 bits per heavy atom. The molecule has 80 valence electrons. The van der Waals surface area contributed by atoms with Crippen molar-refractivity contribution >= 4 is 17.4 Å². The third-order valence-corrected chi connectivity index (χ3v) is 3.03. The zero-order valence-electron chi connectivity index (χ0n) is 8.52. The topological polar surface area (TPSA) is 17.1 Å². The molecule has 2 rings (SSSR count). The van der Waals surface area contributed by atoms with Gasteiger partial charge in [0.25, 0.3) is 0 Å². The highest BCUT2D eigenvalue weighted by atomic mass is 35.5. The lowest BCUT2D eigenvalue weighted by atomic mass is 10.0. The van der Waals surface area contributed by atoms with Crippen LogP contribution in [-0.4, -0.2) is 5.78 Å². The van der Waals surface area contributed by atoms with E-state index in [4.69, 9.17) is 11.6 Å². The predicted octanol–water partition coefficient (Wildman–Crippen LogP) is 3.77. The molecule has 1 nitrogen and oxygen atoms in total. The number of hydrogen-bond acceptors (Lipinski definition) is 1. The molecule has 0 heterocycles. The molecule has 1 aromatic carbocycles. The summed E-state index contributed by atoms with van der Waals surface area (Å²) in [5.41, 5.74) is 0.931. The molecule has 1 aliphatic rings. The second kappa shape index (κ2) is 3.93. The van der Waals surface area contributed by atoms with Crippen LogP contribution in [0.25, 0.3) is 0 Å². The van der Waals surface area contributed by atoms with E-state index in [0.717, 1.165) is 12.8 Å². The number of ketones is 1. The molecule has 0 unspecified atom stereocenters. The minimum Gasteiger partial charge on any atom is -0.294 e. The molecule has 0 bridgehead atoms. The van der Waals surface area contributed by atoms with E-state index in [-0.39, 0.29) is 16.6 Å². The van der Waals surface area contributed by atoms with Gasteiger partial charge in [0.15, 0.2) is 5.78 Å². The molecule has 0 spiro atoms. The summed E-state index contributed by atoms with van der Waals surface area (Å²) in [7, 11) is 0. The lowest BCUT2D eigenvalue weighted by Gasteiger charge is -2.05. The SMILES string of the molecule is Cc1cc(C(=O)CC2CC2)c(Cl)cc1F. The Kier molecular flexibility index (Phi) is 2.79. The van der Waals surface area contributed by atoms with Crippen LogP contribution in [0.3, 0.4) is 0 Å². The summed E-state index contributed by atoms with van der Waals surface area (Å²) in [4.78, 5) is 11.8. The normalized spacial score (nSPS) is 15.4. The number of rotatable bonds is 3. The third kappa shape index (κ3) is 2.37. The van der Waals surface area contributed by atoms with Gasteiger partial charge in [-0.25, -0.2) is 4.39 Å². The van der Waals surface area contributed by atoms with E-state index in [2.05, 4.69) is 0 Å². The van der Waals surface area contributed by atoms with Gasteiger partial charge in [0, 0.05) is 12.0 Å². The summed E-state index contributed by atoms with van der Waals surface area (Å²) < 4.78 is 13.1. The highest BCUT2D eigenvalue weighted by Gasteiger charge is 2.26. The molecule has 0 aromatic heterocycles. The zero-order chi connectivity index (χ0) is 11.0. The zero-order valence-corrected chi connectivity index (χ0v) is 9.27. The molecular formula is C12H12ClFO. The van der Waals surface area contributed by atoms with Crippen LogP contribution in [0.1, 0.15) is 35.2 Å². The maximum atomic E-state index is 13.1. The summed E-state index contributed by atoms with van der Waals surface area (Å²) in [6.45, 7) is 1.64. The number of carbonyl (C=O) groups excluding carboxylic acids is 1. The van der Waals surface area contributed by atoms with Crippen molar-refractivity contribution in [3.8, 4) is 0 Å². The van der Waals surface area contributed by atoms with Crippen molar-refractivity contribution in [1.29, 1.82) is 0 Å². The van der Waals surface area contributed by atoms with Crippen LogP contribution in [0.15, 0.2) is 12.1 Å². The molecule has 15 heavy (non-hydrogen) atoms. The van der Waals surface area contributed by atoms with Gasteiger partial charge in [-0.15, -0.1) is 0 Å². The molecule has 1 saturated carbocycles. The molecule has 0 amide bonds. The largest absolute Gasteiger partial charge is 0.294 e. The van der Waals surface area contributed by atoms with Crippen LogP contribution >= 0.6 is 11.6 Å². The Hall–Kier alpha value is -0.890. The Labute approximate surface area is 93.2 Å². The van der Waals surface area contributed by atoms with Crippen molar-refractivity contribution in [2.75, 3.05) is 0 Å². The van der Waals surface area contributed by atoms with Crippen LogP contribution in [0, 0.1) is 18.7 Å². The summed E-state index contributed by atoms with van der Waals surface area (Å²) in [5.74, 6) is 0.201. The summed E-state index contributed by atoms with van der Waals surface area (Å²) in [6, 6.07) is 2.76. The number of halogens is 2. The predicted molar refractivity (Wildman–Crippen MR) is 57.8 cm³/mol. The average Bonchev–Trinajstić information content (AvgIpc) is 2.95. The number of carbonyl (C=O) groups is 1. The summed E-state index contributed by atoms with van der Waals surface area (Å²) >= 11 is 5.84. The molecule has 1 aliphatic carbocycles. The smallest absolute Gasteiger partial charge is 0.164 e. The van der Waals surface area contributed by atoms with Gasteiger partial charge in [-0.05, 0) is 43.4 Å². The fraction of sp³-hybridized carbons (Fsp3) is 0.417. The highest BCUT2D eigenvalue weighted by molar-refractivity contribution is 6.34. The van der Waals surface area contributed by atoms with Crippen LogP contribution in [0.2, 0.25) is 5.02 Å². The Morgan fingerprint density at radius 3 is 2.80 bits per heavy atom. The lowest BCUT2D eigenvalue weighted by Crippen LogP contribution is -2.02. The van der Waals surface area contributed by atoms with Crippen LogP contribution in [0.5, 0.6) is 0 Å². The number of hydrogen-bond donors (Lipinski definition) is 0. The lowest BCUT2D eigenvalue weighted by molar-refractivity contribution is 0.0976. The van der Waals surface area contributed by atoms with E-state index in [1.807, 2.05) is 0 Å². The molecule has 0 atom stereocenters. The van der Waals surface area contributed by atoms with Crippen molar-refractivity contribution in [3.63, 3.8) is 0 Å². The minimum absolute atomic E-state index is 0.0330. The molecular weight excluding hydrogens is 215 g/mol. The molecule has 1 fully saturated rings. The van der Waals surface area contributed by atoms with Gasteiger partial charge in [0.2, 0.25) is 0 Å². The first-order valence-electron chi connectivity index (χ1n) is 5.07. The number of aryl methyl sites for hydroxylation is 1. The van der Waals surface area contributed by atoms with Crippen LogP contribution in [0.4, 0.5) is 4.39 Å². The Balaban J connectivity index is 2.25. The first-order valence-corrected chi connectivity index (χ1v) is 5.44. The van der Waals surface area contributed by atoms with Crippen LogP contribution < -0.4 is 0 Å². The van der Waals surface area contributed by atoms with Crippen molar-refractivity contribution in [2.45, 2.75) is 26.2 Å². The van der Waals surface area contributed by atoms with E-state index >= 15 is 0 Å². The highest BCUT2D eigenvalue weighted by Crippen LogP contribution is 2.34. The van der Waals surface area contributed by atoms with Gasteiger partial charge in [-0.1, -0.05) is 11.6 Å². The molecule has 0 saturated heterocycles. The summed E-state index contributed by atoms with van der Waals surface area (Å²) in [5, 5.41) is 0.226. The Morgan fingerprint density at radius 2 is 2.20 bits per heavy atom. The molecule has 0 aliphatic heterocycles. The fourth-order valence-electron chi connectivity index (χ4n) is 1.57. The van der Waals surface area contributed by atoms with E-state index in [1.54, 1.807) is 13.0 Å². The summed E-state index contributed by atoms with van der Waals surface area (Å²) in [6.07, 6.45) is 2.80. The van der Waals surface area contributed by atoms with Crippen molar-refractivity contribution in [3.05, 3.63) is 34.1 Å². The van der Waals surface area contributed by atoms with E-state index < -0.39 is 0 Å². The van der Waals surface area contributed by atoms with Crippen LogP contribution in [-0.2, 0) is 0 Å². The van der Waals surface area contributed by atoms with Gasteiger partial charge in [-0.2, -0.15) is 0 Å². The van der Waals surface area contributed by atoms with Gasteiger partial charge in [0.1, 0.15) is 5.82 Å². The number of benzene rings is 1. The second-order valence-corrected chi connectivity index (χ2v) is 4.56. The standard InChI is InChI=1S/C12H12ClFO/c1-7-4-9(10(13)6-11(7)14)12(15)5-8-2-3-8/h4,6,8H,2-3,5H2,1H3. The average molecular weight is 227 g/mol. The molecule has 0 N–H and O–H groups in total. The second-order valence-electron chi connectivity index (χ2n) is 4.15. The van der Waals surface area contributed by atoms with Gasteiger partial charge in [-0.3, -0.25) is 4.79 Å². The number of Topliss-reactive ketones (excluding diaryl/α,β-unsaturated/α-hetero) is 1. The maximum absolute atomic E-state index is 13.1. The van der Waals surface area contributed by atoms with Gasteiger partial charge in [0.05, 0.1) is 5.02 Å². The van der Waals surface area contributed by atoms with E-state index in [0.29, 0.717) is 23.5 Å². The molecule has 1 aromatic rings.